The minimum Gasteiger partial charge on any atom is -0.438 e. The van der Waals surface area contributed by atoms with E-state index >= 15 is 0 Å². The summed E-state index contributed by atoms with van der Waals surface area (Å²) >= 11 is 0. The van der Waals surface area contributed by atoms with Gasteiger partial charge in [0.05, 0.1) is 6.54 Å². The van der Waals surface area contributed by atoms with Gasteiger partial charge in [0.1, 0.15) is 0 Å². The molecule has 7 heteroatoms. The van der Waals surface area contributed by atoms with E-state index in [0.29, 0.717) is 42.4 Å². The van der Waals surface area contributed by atoms with E-state index in [0.717, 1.165) is 29.5 Å². The van der Waals surface area contributed by atoms with E-state index < -0.39 is 18.2 Å². The molecule has 7 nitrogen and oxygen atoms in total. The number of carbonyl (C=O) groups is 3. The van der Waals surface area contributed by atoms with E-state index in [1.807, 2.05) is 67.3 Å². The first-order valence-electron chi connectivity index (χ1n) is 13.6. The fourth-order valence-corrected chi connectivity index (χ4v) is 5.28. The molecular weight excluding hydrogens is 490 g/mol. The van der Waals surface area contributed by atoms with Gasteiger partial charge in [-0.2, -0.15) is 0 Å². The second-order valence-corrected chi connectivity index (χ2v) is 10.8. The zero-order valence-electron chi connectivity index (χ0n) is 22.7. The van der Waals surface area contributed by atoms with Gasteiger partial charge in [-0.05, 0) is 68.0 Å². The number of amides is 3. The monoisotopic (exact) mass is 525 g/mol. The number of anilines is 1. The van der Waals surface area contributed by atoms with Crippen molar-refractivity contribution in [1.29, 1.82) is 0 Å². The minimum atomic E-state index is -0.764. The molecular formula is C32H35N3O4. The lowest BCUT2D eigenvalue weighted by atomic mass is 9.96. The minimum absolute atomic E-state index is 0.0813. The molecule has 2 unspecified atom stereocenters. The number of cyclic esters (lactones) is 1. The molecule has 2 aliphatic heterocycles. The van der Waals surface area contributed by atoms with Crippen LogP contribution in [0.4, 0.5) is 10.5 Å². The molecule has 5 rings (SSSR count). The Labute approximate surface area is 229 Å². The third-order valence-corrected chi connectivity index (χ3v) is 7.68. The maximum atomic E-state index is 13.9. The van der Waals surface area contributed by atoms with E-state index in [1.165, 1.54) is 0 Å². The van der Waals surface area contributed by atoms with Gasteiger partial charge in [-0.3, -0.25) is 14.5 Å². The van der Waals surface area contributed by atoms with E-state index in [2.05, 4.69) is 12.2 Å². The van der Waals surface area contributed by atoms with Crippen molar-refractivity contribution < 1.29 is 19.1 Å². The van der Waals surface area contributed by atoms with Crippen LogP contribution >= 0.6 is 0 Å². The molecule has 2 fully saturated rings. The van der Waals surface area contributed by atoms with Gasteiger partial charge in [-0.15, -0.1) is 0 Å². The largest absolute Gasteiger partial charge is 0.438 e. The van der Waals surface area contributed by atoms with Crippen molar-refractivity contribution in [1.82, 2.24) is 9.80 Å². The molecule has 3 amide bonds. The number of rotatable bonds is 6. The number of aryl methyl sites for hydroxylation is 2. The normalized spacial score (nSPS) is 19.6. The standard InChI is InChI=1S/C32H35N3O4/c1-21-7-9-26(10-8-21)30(36)33-27-13-11-25(12-14-27)29-28(31(37)34-17-15-22(2)16-18-34)35(32(38)39-29)20-24-6-4-5-23(3)19-24/h4-14,19,22,28-29H,15-18,20H2,1-3H3,(H,33,36). The number of nitrogens with one attached hydrogen (secondary N) is 1. The zero-order chi connectivity index (χ0) is 27.5. The van der Waals surface area contributed by atoms with Crippen molar-refractivity contribution in [2.45, 2.75) is 52.3 Å². The maximum Gasteiger partial charge on any atom is 0.411 e. The van der Waals surface area contributed by atoms with Crippen LogP contribution in [0.1, 0.15) is 58.5 Å². The average Bonchev–Trinajstić information content (AvgIpc) is 3.25. The van der Waals surface area contributed by atoms with Gasteiger partial charge in [0.2, 0.25) is 5.91 Å². The molecule has 2 atom stereocenters. The topological polar surface area (TPSA) is 79.0 Å². The fourth-order valence-electron chi connectivity index (χ4n) is 5.28. The van der Waals surface area contributed by atoms with Gasteiger partial charge in [0.15, 0.2) is 12.1 Å². The van der Waals surface area contributed by atoms with Crippen LogP contribution < -0.4 is 5.32 Å². The Kier molecular flexibility index (Phi) is 7.68. The number of nitrogens with zero attached hydrogens (tertiary/aromatic N) is 2. The maximum absolute atomic E-state index is 13.9. The highest BCUT2D eigenvalue weighted by Crippen LogP contribution is 2.36. The predicted octanol–water partition coefficient (Wildman–Crippen LogP) is 5.88. The summed E-state index contributed by atoms with van der Waals surface area (Å²) in [5.74, 6) is 0.297. The summed E-state index contributed by atoms with van der Waals surface area (Å²) in [7, 11) is 0. The van der Waals surface area contributed by atoms with Gasteiger partial charge in [0.25, 0.3) is 5.91 Å². The number of hydrogen-bond acceptors (Lipinski definition) is 4. The predicted molar refractivity (Wildman–Crippen MR) is 150 cm³/mol. The summed E-state index contributed by atoms with van der Waals surface area (Å²) < 4.78 is 5.86. The lowest BCUT2D eigenvalue weighted by Crippen LogP contribution is -2.50. The Bertz CT molecular complexity index is 1340. The van der Waals surface area contributed by atoms with E-state index in [9.17, 15) is 14.4 Å². The first-order valence-corrected chi connectivity index (χ1v) is 13.6. The molecule has 2 heterocycles. The molecule has 3 aromatic carbocycles. The van der Waals surface area contributed by atoms with Gasteiger partial charge in [0, 0.05) is 24.3 Å². The Balaban J connectivity index is 1.38. The van der Waals surface area contributed by atoms with Crippen LogP contribution in [0.25, 0.3) is 0 Å². The molecule has 202 valence electrons. The number of hydrogen-bond donors (Lipinski definition) is 1. The second-order valence-electron chi connectivity index (χ2n) is 10.8. The number of likely N-dealkylation sites (tertiary alicyclic amines) is 1. The summed E-state index contributed by atoms with van der Waals surface area (Å²) in [6, 6.07) is 21.7. The van der Waals surface area contributed by atoms with Crippen LogP contribution in [0.5, 0.6) is 0 Å². The summed E-state index contributed by atoms with van der Waals surface area (Å²) in [5.41, 5.74) is 5.04. The van der Waals surface area contributed by atoms with Crippen molar-refractivity contribution in [3.63, 3.8) is 0 Å². The van der Waals surface area contributed by atoms with Crippen molar-refractivity contribution in [2.75, 3.05) is 18.4 Å². The number of benzene rings is 3. The first kappa shape index (κ1) is 26.5. The highest BCUT2D eigenvalue weighted by molar-refractivity contribution is 6.04. The van der Waals surface area contributed by atoms with Gasteiger partial charge in [-0.25, -0.2) is 4.79 Å². The molecule has 0 spiro atoms. The van der Waals surface area contributed by atoms with Crippen molar-refractivity contribution in [2.24, 2.45) is 5.92 Å². The molecule has 1 N–H and O–H groups in total. The summed E-state index contributed by atoms with van der Waals surface area (Å²) in [5, 5.41) is 2.91. The molecule has 39 heavy (non-hydrogen) atoms. The molecule has 0 aliphatic carbocycles. The van der Waals surface area contributed by atoms with Gasteiger partial charge >= 0.3 is 6.09 Å². The van der Waals surface area contributed by atoms with E-state index in [-0.39, 0.29) is 11.8 Å². The Morgan fingerprint density at radius 2 is 1.62 bits per heavy atom. The number of piperidine rings is 1. The quantitative estimate of drug-likeness (QED) is 0.436. The van der Waals surface area contributed by atoms with Crippen LogP contribution in [0.3, 0.4) is 0 Å². The van der Waals surface area contributed by atoms with Crippen molar-refractivity contribution in [3.8, 4) is 0 Å². The molecule has 0 radical (unpaired) electrons. The fraction of sp³-hybridized carbons (Fsp3) is 0.344. The summed E-state index contributed by atoms with van der Waals surface area (Å²) in [6.07, 6.45) is 0.661. The third-order valence-electron chi connectivity index (χ3n) is 7.68. The van der Waals surface area contributed by atoms with Crippen LogP contribution in [-0.4, -0.2) is 46.8 Å². The van der Waals surface area contributed by atoms with Crippen LogP contribution in [0, 0.1) is 19.8 Å². The SMILES string of the molecule is Cc1ccc(C(=O)Nc2ccc(C3OC(=O)N(Cc4cccc(C)c4)C3C(=O)N3CCC(C)CC3)cc2)cc1. The van der Waals surface area contributed by atoms with E-state index in [4.69, 9.17) is 4.74 Å². The summed E-state index contributed by atoms with van der Waals surface area (Å²) in [4.78, 5) is 43.1. The van der Waals surface area contributed by atoms with E-state index in [1.54, 1.807) is 29.2 Å². The van der Waals surface area contributed by atoms with Crippen LogP contribution in [0.15, 0.2) is 72.8 Å². The highest BCUT2D eigenvalue weighted by Gasteiger charge is 2.48. The Morgan fingerprint density at radius 1 is 0.923 bits per heavy atom. The molecule has 0 aromatic heterocycles. The lowest BCUT2D eigenvalue weighted by Gasteiger charge is -2.34. The lowest BCUT2D eigenvalue weighted by molar-refractivity contribution is -0.138. The Morgan fingerprint density at radius 3 is 2.28 bits per heavy atom. The number of carbonyl (C=O) groups excluding carboxylic acids is 3. The van der Waals surface area contributed by atoms with Crippen LogP contribution in [0.2, 0.25) is 0 Å². The van der Waals surface area contributed by atoms with Crippen LogP contribution in [-0.2, 0) is 16.1 Å². The van der Waals surface area contributed by atoms with Gasteiger partial charge < -0.3 is 15.0 Å². The smallest absolute Gasteiger partial charge is 0.411 e. The highest BCUT2D eigenvalue weighted by atomic mass is 16.6. The first-order chi connectivity index (χ1) is 18.8. The molecule has 2 saturated heterocycles. The molecule has 0 saturated carbocycles. The third kappa shape index (κ3) is 5.98. The molecule has 3 aromatic rings. The number of ether oxygens (including phenoxy) is 1. The Hall–Kier alpha value is -4.13. The average molecular weight is 526 g/mol. The van der Waals surface area contributed by atoms with Crippen molar-refractivity contribution >= 4 is 23.6 Å². The summed E-state index contributed by atoms with van der Waals surface area (Å²) in [6.45, 7) is 7.84. The zero-order valence-corrected chi connectivity index (χ0v) is 22.7. The molecule has 2 aliphatic rings. The molecule has 0 bridgehead atoms. The van der Waals surface area contributed by atoms with Crippen molar-refractivity contribution in [3.05, 3.63) is 101 Å². The second kappa shape index (κ2) is 11.3. The van der Waals surface area contributed by atoms with Gasteiger partial charge in [-0.1, -0.05) is 66.6 Å².